The minimum absolute atomic E-state index is 0.00832. The number of ether oxygens (including phenoxy) is 1. The van der Waals surface area contributed by atoms with Crippen LogP contribution < -0.4 is 16.1 Å². The van der Waals surface area contributed by atoms with Gasteiger partial charge in [0.2, 0.25) is 0 Å². The molecule has 5 rings (SSSR count). The molecular weight excluding hydrogens is 757 g/mol. The van der Waals surface area contributed by atoms with Gasteiger partial charge in [0.1, 0.15) is 0 Å². The van der Waals surface area contributed by atoms with E-state index in [4.69, 9.17) is 10.5 Å². The average molecular weight is 799 g/mol. The number of hydrogen-bond donors (Lipinski definition) is 2. The highest BCUT2D eigenvalue weighted by Crippen LogP contribution is 2.43. The highest BCUT2D eigenvalue weighted by atomic mass is 19.4. The summed E-state index contributed by atoms with van der Waals surface area (Å²) in [6.45, 7) is 7.91. The Morgan fingerprint density at radius 3 is 2.18 bits per heavy atom. The van der Waals surface area contributed by atoms with Crippen LogP contribution in [-0.4, -0.2) is 59.4 Å². The molecule has 0 saturated carbocycles. The Bertz CT molecular complexity index is 1900. The first-order valence-corrected chi connectivity index (χ1v) is 17.6. The van der Waals surface area contributed by atoms with E-state index in [-0.39, 0.29) is 42.3 Å². The molecule has 0 aromatic heterocycles. The van der Waals surface area contributed by atoms with Crippen molar-refractivity contribution in [1.29, 1.82) is 0 Å². The van der Waals surface area contributed by atoms with Gasteiger partial charge in [0.05, 0.1) is 53.7 Å². The number of nitrogens with one attached hydrogen (secondary N) is 1. The minimum Gasteiger partial charge on any atom is -0.446 e. The predicted octanol–water partition coefficient (Wildman–Crippen LogP) is 8.89. The summed E-state index contributed by atoms with van der Waals surface area (Å²) in [6.07, 6.45) is -14.5. The quantitative estimate of drug-likeness (QED) is 0.0406. The van der Waals surface area contributed by atoms with E-state index >= 15 is 0 Å². The molecule has 2 heterocycles. The van der Waals surface area contributed by atoms with Crippen molar-refractivity contribution in [2.24, 2.45) is 16.1 Å². The Balaban J connectivity index is 1.52. The van der Waals surface area contributed by atoms with Crippen molar-refractivity contribution in [2.45, 2.75) is 82.4 Å². The summed E-state index contributed by atoms with van der Waals surface area (Å²) in [5.74, 6) is -1.27. The SMILES string of the molecule is C=CC1CC(C[N+](Cc2cc(C(F)(F)F)cc(C(F)(F)F)c2)=C(N)NN=NC2CCN(Cc3ccccc3)C2)c2cc(C(F)(F)F)ccc2N1C(=O)OC(C)C. The Morgan fingerprint density at radius 1 is 0.946 bits per heavy atom. The number of amides is 1. The molecule has 3 aromatic rings. The lowest BCUT2D eigenvalue weighted by atomic mass is 9.84. The van der Waals surface area contributed by atoms with Crippen LogP contribution >= 0.6 is 0 Å². The van der Waals surface area contributed by atoms with Crippen LogP contribution in [0.15, 0.2) is 89.7 Å². The summed E-state index contributed by atoms with van der Waals surface area (Å²) in [5, 5.41) is 8.29. The molecule has 1 amide bonds. The second-order valence-electron chi connectivity index (χ2n) is 14.0. The maximum absolute atomic E-state index is 14.0. The number of rotatable bonds is 10. The van der Waals surface area contributed by atoms with Gasteiger partial charge in [-0.3, -0.25) is 20.1 Å². The fraction of sp³-hybridized carbons (Fsp3) is 0.421. The third-order valence-corrected chi connectivity index (χ3v) is 9.40. The third-order valence-electron chi connectivity index (χ3n) is 9.40. The number of nitrogens with two attached hydrogens (primary N) is 1. The molecule has 0 aliphatic carbocycles. The molecule has 56 heavy (non-hydrogen) atoms. The van der Waals surface area contributed by atoms with Crippen LogP contribution in [-0.2, 0) is 36.4 Å². The monoisotopic (exact) mass is 798 g/mol. The van der Waals surface area contributed by atoms with Crippen molar-refractivity contribution in [1.82, 2.24) is 10.3 Å². The summed E-state index contributed by atoms with van der Waals surface area (Å²) < 4.78 is 132. The third kappa shape index (κ3) is 10.6. The fourth-order valence-electron chi connectivity index (χ4n) is 6.82. The Labute approximate surface area is 317 Å². The van der Waals surface area contributed by atoms with Crippen LogP contribution in [0.1, 0.15) is 66.0 Å². The van der Waals surface area contributed by atoms with E-state index in [0.29, 0.717) is 38.2 Å². The van der Waals surface area contributed by atoms with Gasteiger partial charge in [-0.05, 0) is 85.0 Å². The molecule has 3 aromatic carbocycles. The number of carbonyl (C=O) groups excluding carboxylic acids is 1. The lowest BCUT2D eigenvalue weighted by molar-refractivity contribution is -0.550. The smallest absolute Gasteiger partial charge is 0.416 e. The van der Waals surface area contributed by atoms with E-state index in [1.807, 2.05) is 30.3 Å². The van der Waals surface area contributed by atoms with Gasteiger partial charge in [-0.25, -0.2) is 4.79 Å². The molecule has 302 valence electrons. The molecule has 3 atom stereocenters. The lowest BCUT2D eigenvalue weighted by Gasteiger charge is -2.39. The van der Waals surface area contributed by atoms with Crippen LogP contribution in [0.4, 0.5) is 50.0 Å². The van der Waals surface area contributed by atoms with Gasteiger partial charge < -0.3 is 4.74 Å². The highest BCUT2D eigenvalue weighted by molar-refractivity contribution is 5.91. The van der Waals surface area contributed by atoms with E-state index in [0.717, 1.165) is 28.7 Å². The first-order valence-electron chi connectivity index (χ1n) is 17.6. The molecule has 18 heteroatoms. The van der Waals surface area contributed by atoms with E-state index in [9.17, 15) is 44.3 Å². The molecule has 2 aliphatic rings. The topological polar surface area (TPSA) is 98.6 Å². The van der Waals surface area contributed by atoms with Gasteiger partial charge >= 0.3 is 30.6 Å². The van der Waals surface area contributed by atoms with Crippen molar-refractivity contribution in [3.05, 3.63) is 113 Å². The summed E-state index contributed by atoms with van der Waals surface area (Å²) in [6, 6.07) is 12.5. The molecule has 3 unspecified atom stereocenters. The van der Waals surface area contributed by atoms with Gasteiger partial charge in [0.15, 0.2) is 0 Å². The maximum atomic E-state index is 14.0. The molecular formula is C38H41F9N7O2+. The normalized spacial score (nSPS) is 19.9. The number of benzene rings is 3. The van der Waals surface area contributed by atoms with Crippen LogP contribution in [0, 0.1) is 0 Å². The Hall–Kier alpha value is -5.13. The molecule has 2 aliphatic heterocycles. The first-order chi connectivity index (χ1) is 26.2. The van der Waals surface area contributed by atoms with Gasteiger partial charge in [-0.1, -0.05) is 36.4 Å². The Morgan fingerprint density at radius 2 is 1.59 bits per heavy atom. The average Bonchev–Trinajstić information content (AvgIpc) is 3.56. The maximum Gasteiger partial charge on any atom is 0.416 e. The second-order valence-corrected chi connectivity index (χ2v) is 14.0. The fourth-order valence-corrected chi connectivity index (χ4v) is 6.82. The molecule has 1 fully saturated rings. The van der Waals surface area contributed by atoms with Gasteiger partial charge in [-0.15, -0.1) is 12.0 Å². The zero-order chi connectivity index (χ0) is 41.0. The number of nitrogens with zero attached hydrogens (tertiary/aromatic N) is 5. The number of guanidine groups is 1. The molecule has 0 radical (unpaired) electrons. The largest absolute Gasteiger partial charge is 0.446 e. The first kappa shape index (κ1) is 42.0. The summed E-state index contributed by atoms with van der Waals surface area (Å²) >= 11 is 0. The lowest BCUT2D eigenvalue weighted by Crippen LogP contribution is -2.47. The predicted molar refractivity (Wildman–Crippen MR) is 189 cm³/mol. The summed E-state index contributed by atoms with van der Waals surface area (Å²) in [4.78, 5) is 16.6. The highest BCUT2D eigenvalue weighted by Gasteiger charge is 2.41. The van der Waals surface area contributed by atoms with E-state index < -0.39 is 71.5 Å². The number of alkyl halides is 9. The van der Waals surface area contributed by atoms with Gasteiger partial charge in [0.25, 0.3) is 0 Å². The van der Waals surface area contributed by atoms with Gasteiger partial charge in [0, 0.05) is 25.6 Å². The number of halogens is 9. The summed E-state index contributed by atoms with van der Waals surface area (Å²) in [7, 11) is 0. The Kier molecular flexibility index (Phi) is 12.7. The summed E-state index contributed by atoms with van der Waals surface area (Å²) in [5.41, 5.74) is 5.51. The van der Waals surface area contributed by atoms with Crippen LogP contribution in [0.3, 0.4) is 0 Å². The number of hydrogen-bond acceptors (Lipinski definition) is 5. The van der Waals surface area contributed by atoms with Crippen molar-refractivity contribution in [2.75, 3.05) is 24.5 Å². The molecule has 0 spiro atoms. The van der Waals surface area contributed by atoms with E-state index in [1.54, 1.807) is 13.8 Å². The molecule has 3 N–H and O–H groups in total. The van der Waals surface area contributed by atoms with Crippen molar-refractivity contribution < 1.29 is 53.6 Å². The molecule has 9 nitrogen and oxygen atoms in total. The van der Waals surface area contributed by atoms with Crippen LogP contribution in [0.2, 0.25) is 0 Å². The van der Waals surface area contributed by atoms with E-state index in [1.165, 1.54) is 10.7 Å². The zero-order valence-electron chi connectivity index (χ0n) is 30.4. The minimum atomic E-state index is -5.14. The second kappa shape index (κ2) is 16.9. The van der Waals surface area contributed by atoms with Crippen LogP contribution in [0.25, 0.3) is 0 Å². The zero-order valence-corrected chi connectivity index (χ0v) is 30.4. The van der Waals surface area contributed by atoms with E-state index in [2.05, 4.69) is 27.2 Å². The number of anilines is 1. The molecule has 1 saturated heterocycles. The van der Waals surface area contributed by atoms with Crippen molar-refractivity contribution in [3.8, 4) is 0 Å². The number of carbonyl (C=O) groups is 1. The van der Waals surface area contributed by atoms with Crippen LogP contribution in [0.5, 0.6) is 0 Å². The number of fused-ring (bicyclic) bond motifs is 1. The van der Waals surface area contributed by atoms with Crippen molar-refractivity contribution in [3.63, 3.8) is 0 Å². The standard InChI is InChI=1S/C38H40F9N7O2/c1-4-31-16-26(32-18-27(36(39,40)41)10-11-33(32)54(31)35(55)56-23(2)3)21-53(20-25-14-28(37(42,43)44)17-29(15-25)38(45,46)47)34(48)50-51-49-30-12-13-52(22-30)19-24-8-6-5-7-9-24/h4-11,14-15,17-18,23,26,30-31H,1,12-13,16,19-22H2,2-3H3,(H2,48,49,50)/p+1. The molecule has 0 bridgehead atoms. The van der Waals surface area contributed by atoms with Crippen molar-refractivity contribution >= 4 is 17.7 Å². The number of likely N-dealkylation sites (tertiary alicyclic amines) is 1. The van der Waals surface area contributed by atoms with Gasteiger partial charge in [-0.2, -0.15) is 44.6 Å².